The van der Waals surface area contributed by atoms with E-state index in [1.54, 1.807) is 13.0 Å². The van der Waals surface area contributed by atoms with Crippen molar-refractivity contribution in [2.45, 2.75) is 33.1 Å². The molecule has 19 heavy (non-hydrogen) atoms. The number of hydrogen-bond donors (Lipinski definition) is 1. The molecule has 1 unspecified atom stereocenters. The average molecular weight is 286 g/mol. The molecule has 106 valence electrons. The van der Waals surface area contributed by atoms with Crippen LogP contribution in [0.15, 0.2) is 18.2 Å². The number of halogens is 2. The topological polar surface area (TPSA) is 29.1 Å². The Balaban J connectivity index is 2.58. The van der Waals surface area contributed by atoms with Gasteiger partial charge < -0.3 is 5.32 Å². The van der Waals surface area contributed by atoms with Gasteiger partial charge in [-0.25, -0.2) is 4.39 Å². The smallest absolute Gasteiger partial charge is 0.251 e. The quantitative estimate of drug-likeness (QED) is 0.756. The summed E-state index contributed by atoms with van der Waals surface area (Å²) < 4.78 is 13.2. The highest BCUT2D eigenvalue weighted by molar-refractivity contribution is 6.17. The largest absolute Gasteiger partial charge is 0.352 e. The summed E-state index contributed by atoms with van der Waals surface area (Å²) in [5.41, 5.74) is 1.12. The van der Waals surface area contributed by atoms with Gasteiger partial charge in [-0.15, -0.1) is 11.6 Å². The van der Waals surface area contributed by atoms with Crippen molar-refractivity contribution >= 4 is 17.5 Å². The van der Waals surface area contributed by atoms with Crippen LogP contribution in [-0.4, -0.2) is 18.3 Å². The van der Waals surface area contributed by atoms with Crippen LogP contribution in [-0.2, 0) is 0 Å². The van der Waals surface area contributed by atoms with Crippen molar-refractivity contribution in [3.05, 3.63) is 35.1 Å². The number of rotatable bonds is 7. The third-order valence-electron chi connectivity index (χ3n) is 3.07. The van der Waals surface area contributed by atoms with E-state index >= 15 is 0 Å². The first kappa shape index (κ1) is 16.0. The summed E-state index contributed by atoms with van der Waals surface area (Å²) in [5.74, 6) is 0.384. The van der Waals surface area contributed by atoms with Crippen LogP contribution in [0.5, 0.6) is 0 Å². The number of carbonyl (C=O) groups excluding carboxylic acids is 1. The van der Waals surface area contributed by atoms with Crippen molar-refractivity contribution in [1.29, 1.82) is 0 Å². The van der Waals surface area contributed by atoms with Crippen LogP contribution < -0.4 is 5.32 Å². The third-order valence-corrected chi connectivity index (χ3v) is 3.29. The molecule has 0 spiro atoms. The number of amides is 1. The van der Waals surface area contributed by atoms with Gasteiger partial charge in [-0.2, -0.15) is 0 Å². The molecule has 0 heterocycles. The lowest BCUT2D eigenvalue weighted by Gasteiger charge is -2.15. The highest BCUT2D eigenvalue weighted by Crippen LogP contribution is 2.12. The molecular weight excluding hydrogens is 265 g/mol. The number of nitrogens with one attached hydrogen (secondary N) is 1. The van der Waals surface area contributed by atoms with E-state index < -0.39 is 0 Å². The molecule has 0 aliphatic carbocycles. The first-order valence-corrected chi connectivity index (χ1v) is 7.21. The Morgan fingerprint density at radius 3 is 2.68 bits per heavy atom. The van der Waals surface area contributed by atoms with Crippen molar-refractivity contribution in [3.63, 3.8) is 0 Å². The van der Waals surface area contributed by atoms with Gasteiger partial charge in [0.1, 0.15) is 5.82 Å². The Labute approximate surface area is 119 Å². The molecule has 0 saturated carbocycles. The molecule has 1 aromatic carbocycles. The predicted octanol–water partition coefficient (Wildman–Crippen LogP) is 3.91. The van der Waals surface area contributed by atoms with Gasteiger partial charge in [0, 0.05) is 18.0 Å². The van der Waals surface area contributed by atoms with Gasteiger partial charge in [0.2, 0.25) is 0 Å². The van der Waals surface area contributed by atoms with Crippen LogP contribution in [0.1, 0.15) is 42.1 Å². The molecule has 1 rings (SSSR count). The van der Waals surface area contributed by atoms with E-state index in [9.17, 15) is 9.18 Å². The third kappa shape index (κ3) is 5.60. The average Bonchev–Trinajstić information content (AvgIpc) is 2.35. The molecule has 0 bridgehead atoms. The molecule has 0 aliphatic rings. The molecule has 1 amide bonds. The lowest BCUT2D eigenvalue weighted by Crippen LogP contribution is -2.29. The fraction of sp³-hybridized carbons (Fsp3) is 0.533. The molecular formula is C15H21ClFNO. The van der Waals surface area contributed by atoms with Gasteiger partial charge in [0.25, 0.3) is 5.91 Å². The summed E-state index contributed by atoms with van der Waals surface area (Å²) in [5, 5.41) is 2.86. The molecule has 1 N–H and O–H groups in total. The van der Waals surface area contributed by atoms with Gasteiger partial charge in [-0.1, -0.05) is 13.3 Å². The molecule has 0 aliphatic heterocycles. The Bertz CT molecular complexity index is 396. The summed E-state index contributed by atoms with van der Waals surface area (Å²) in [6.07, 6.45) is 2.99. The minimum Gasteiger partial charge on any atom is -0.352 e. The Hall–Kier alpha value is -1.09. The summed E-state index contributed by atoms with van der Waals surface area (Å²) in [7, 11) is 0. The van der Waals surface area contributed by atoms with Crippen LogP contribution in [0.25, 0.3) is 0 Å². The maximum Gasteiger partial charge on any atom is 0.251 e. The second kappa shape index (κ2) is 8.16. The second-order valence-electron chi connectivity index (χ2n) is 4.86. The van der Waals surface area contributed by atoms with Gasteiger partial charge in [0.15, 0.2) is 0 Å². The Morgan fingerprint density at radius 2 is 2.11 bits per heavy atom. The van der Waals surface area contributed by atoms with E-state index in [1.807, 2.05) is 0 Å². The normalized spacial score (nSPS) is 12.2. The maximum atomic E-state index is 13.2. The first-order valence-electron chi connectivity index (χ1n) is 6.68. The van der Waals surface area contributed by atoms with Gasteiger partial charge in [-0.3, -0.25) is 4.79 Å². The number of carbonyl (C=O) groups is 1. The lowest BCUT2D eigenvalue weighted by molar-refractivity contribution is 0.0945. The van der Waals surface area contributed by atoms with E-state index in [-0.39, 0.29) is 11.7 Å². The standard InChI is InChI=1S/C15H21ClFNO/c1-3-4-12(5-6-16)10-18-15(19)13-7-11(2)8-14(17)9-13/h7-9,12H,3-6,10H2,1-2H3,(H,18,19). The fourth-order valence-corrected chi connectivity index (χ4v) is 2.43. The van der Waals surface area contributed by atoms with E-state index in [4.69, 9.17) is 11.6 Å². The molecule has 2 nitrogen and oxygen atoms in total. The minimum absolute atomic E-state index is 0.224. The van der Waals surface area contributed by atoms with Crippen LogP contribution in [0.3, 0.4) is 0 Å². The van der Waals surface area contributed by atoms with E-state index in [0.29, 0.717) is 23.9 Å². The minimum atomic E-state index is -0.379. The van der Waals surface area contributed by atoms with Crippen LogP contribution in [0.2, 0.25) is 0 Å². The molecule has 0 fully saturated rings. The number of alkyl halides is 1. The molecule has 0 saturated heterocycles. The van der Waals surface area contributed by atoms with Crippen molar-refractivity contribution in [2.24, 2.45) is 5.92 Å². The molecule has 1 atom stereocenters. The number of aryl methyl sites for hydroxylation is 1. The van der Waals surface area contributed by atoms with Crippen molar-refractivity contribution in [2.75, 3.05) is 12.4 Å². The number of benzene rings is 1. The van der Waals surface area contributed by atoms with Crippen LogP contribution in [0, 0.1) is 18.7 Å². The van der Waals surface area contributed by atoms with Crippen LogP contribution >= 0.6 is 11.6 Å². The van der Waals surface area contributed by atoms with Gasteiger partial charge in [-0.05, 0) is 49.4 Å². The lowest BCUT2D eigenvalue weighted by atomic mass is 10.0. The zero-order valence-electron chi connectivity index (χ0n) is 11.5. The Morgan fingerprint density at radius 1 is 1.37 bits per heavy atom. The van der Waals surface area contributed by atoms with E-state index in [2.05, 4.69) is 12.2 Å². The number of hydrogen-bond acceptors (Lipinski definition) is 1. The van der Waals surface area contributed by atoms with E-state index in [1.165, 1.54) is 12.1 Å². The highest BCUT2D eigenvalue weighted by atomic mass is 35.5. The summed E-state index contributed by atoms with van der Waals surface area (Å²) in [4.78, 5) is 12.0. The first-order chi connectivity index (χ1) is 9.06. The fourth-order valence-electron chi connectivity index (χ4n) is 2.12. The zero-order valence-corrected chi connectivity index (χ0v) is 12.3. The molecule has 0 aromatic heterocycles. The van der Waals surface area contributed by atoms with Crippen molar-refractivity contribution < 1.29 is 9.18 Å². The van der Waals surface area contributed by atoms with Crippen molar-refractivity contribution in [3.8, 4) is 0 Å². The second-order valence-corrected chi connectivity index (χ2v) is 5.24. The zero-order chi connectivity index (χ0) is 14.3. The van der Waals surface area contributed by atoms with Crippen molar-refractivity contribution in [1.82, 2.24) is 5.32 Å². The summed E-state index contributed by atoms with van der Waals surface area (Å²) >= 11 is 5.74. The maximum absolute atomic E-state index is 13.2. The molecule has 4 heteroatoms. The van der Waals surface area contributed by atoms with Gasteiger partial charge in [0.05, 0.1) is 0 Å². The van der Waals surface area contributed by atoms with Crippen LogP contribution in [0.4, 0.5) is 4.39 Å². The molecule has 1 aromatic rings. The molecule has 0 radical (unpaired) electrons. The summed E-state index contributed by atoms with van der Waals surface area (Å²) in [6.45, 7) is 4.47. The Kier molecular flexibility index (Phi) is 6.85. The monoisotopic (exact) mass is 285 g/mol. The highest BCUT2D eigenvalue weighted by Gasteiger charge is 2.11. The van der Waals surface area contributed by atoms with E-state index in [0.717, 1.165) is 24.8 Å². The van der Waals surface area contributed by atoms with Gasteiger partial charge >= 0.3 is 0 Å². The predicted molar refractivity (Wildman–Crippen MR) is 77.2 cm³/mol. The SMILES string of the molecule is CCCC(CCCl)CNC(=O)c1cc(C)cc(F)c1. The summed E-state index contributed by atoms with van der Waals surface area (Å²) in [6, 6.07) is 4.36.